The second-order valence-corrected chi connectivity index (χ2v) is 5.24. The number of para-hydroxylation sites is 1. The third kappa shape index (κ3) is 2.74. The van der Waals surface area contributed by atoms with Gasteiger partial charge in [0.2, 0.25) is 0 Å². The predicted octanol–water partition coefficient (Wildman–Crippen LogP) is 3.14. The van der Waals surface area contributed by atoms with Crippen LogP contribution in [0.5, 0.6) is 0 Å². The maximum atomic E-state index is 13.5. The molecule has 0 bridgehead atoms. The van der Waals surface area contributed by atoms with Gasteiger partial charge in [-0.1, -0.05) is 18.2 Å². The van der Waals surface area contributed by atoms with Crippen LogP contribution in [-0.2, 0) is 6.54 Å². The van der Waals surface area contributed by atoms with E-state index in [-0.39, 0.29) is 0 Å². The monoisotopic (exact) mass is 282 g/mol. The minimum atomic E-state index is -0.445. The van der Waals surface area contributed by atoms with Crippen LogP contribution in [0.15, 0.2) is 42.5 Å². The third-order valence-electron chi connectivity index (χ3n) is 3.77. The SMILES string of the molecule is N#Cc1cc(F)cc(CN2CCC(O)c3ccccc32)c1. The van der Waals surface area contributed by atoms with Gasteiger partial charge < -0.3 is 10.0 Å². The lowest BCUT2D eigenvalue weighted by Crippen LogP contribution is -2.30. The number of aliphatic hydroxyl groups is 1. The molecule has 3 rings (SSSR count). The molecule has 0 amide bonds. The molecule has 106 valence electrons. The average Bonchev–Trinajstić information content (AvgIpc) is 2.50. The van der Waals surface area contributed by atoms with Crippen molar-refractivity contribution in [2.75, 3.05) is 11.4 Å². The highest BCUT2D eigenvalue weighted by molar-refractivity contribution is 5.57. The van der Waals surface area contributed by atoms with Crippen LogP contribution in [0.4, 0.5) is 10.1 Å². The minimum absolute atomic E-state index is 0.329. The molecule has 1 aliphatic heterocycles. The van der Waals surface area contributed by atoms with Crippen LogP contribution in [0.2, 0.25) is 0 Å². The lowest BCUT2D eigenvalue weighted by atomic mass is 9.98. The summed E-state index contributed by atoms with van der Waals surface area (Å²) < 4.78 is 13.5. The molecule has 0 saturated carbocycles. The molecule has 2 aromatic carbocycles. The van der Waals surface area contributed by atoms with Crippen molar-refractivity contribution in [3.63, 3.8) is 0 Å². The quantitative estimate of drug-likeness (QED) is 0.920. The third-order valence-corrected chi connectivity index (χ3v) is 3.77. The van der Waals surface area contributed by atoms with Crippen LogP contribution in [-0.4, -0.2) is 11.7 Å². The first-order valence-corrected chi connectivity index (χ1v) is 6.89. The first-order valence-electron chi connectivity index (χ1n) is 6.89. The van der Waals surface area contributed by atoms with Gasteiger partial charge in [-0.25, -0.2) is 4.39 Å². The van der Waals surface area contributed by atoms with E-state index in [1.165, 1.54) is 12.1 Å². The molecule has 0 aliphatic carbocycles. The number of aliphatic hydroxyl groups excluding tert-OH is 1. The summed E-state index contributed by atoms with van der Waals surface area (Å²) in [6, 6.07) is 14.1. The van der Waals surface area contributed by atoms with Crippen molar-refractivity contribution in [2.24, 2.45) is 0 Å². The molecule has 1 heterocycles. The molecule has 0 spiro atoms. The van der Waals surface area contributed by atoms with Crippen molar-refractivity contribution >= 4 is 5.69 Å². The second-order valence-electron chi connectivity index (χ2n) is 5.24. The number of hydrogen-bond acceptors (Lipinski definition) is 3. The number of nitriles is 1. The van der Waals surface area contributed by atoms with Gasteiger partial charge in [-0.05, 0) is 36.2 Å². The summed E-state index contributed by atoms with van der Waals surface area (Å²) in [5.74, 6) is -0.394. The zero-order valence-electron chi connectivity index (χ0n) is 11.5. The Kier molecular flexibility index (Phi) is 3.59. The molecule has 0 saturated heterocycles. The maximum Gasteiger partial charge on any atom is 0.124 e. The molecule has 1 atom stereocenters. The molecule has 0 radical (unpaired) electrons. The van der Waals surface area contributed by atoms with Crippen molar-refractivity contribution < 1.29 is 9.50 Å². The average molecular weight is 282 g/mol. The van der Waals surface area contributed by atoms with Crippen molar-refractivity contribution in [1.29, 1.82) is 5.26 Å². The predicted molar refractivity (Wildman–Crippen MR) is 78.2 cm³/mol. The van der Waals surface area contributed by atoms with Crippen LogP contribution in [0.3, 0.4) is 0 Å². The molecule has 21 heavy (non-hydrogen) atoms. The van der Waals surface area contributed by atoms with E-state index in [0.29, 0.717) is 25.1 Å². The van der Waals surface area contributed by atoms with Gasteiger partial charge in [0.15, 0.2) is 0 Å². The molecule has 0 fully saturated rings. The van der Waals surface area contributed by atoms with E-state index in [1.807, 2.05) is 30.3 Å². The Morgan fingerprint density at radius 1 is 1.29 bits per heavy atom. The summed E-state index contributed by atoms with van der Waals surface area (Å²) in [4.78, 5) is 2.11. The van der Waals surface area contributed by atoms with Crippen LogP contribution >= 0.6 is 0 Å². The van der Waals surface area contributed by atoms with Gasteiger partial charge in [0, 0.05) is 24.3 Å². The number of rotatable bonds is 2. The zero-order chi connectivity index (χ0) is 14.8. The number of nitrogens with zero attached hydrogens (tertiary/aromatic N) is 2. The molecular formula is C17H15FN2O. The summed E-state index contributed by atoms with van der Waals surface area (Å²) >= 11 is 0. The van der Waals surface area contributed by atoms with Gasteiger partial charge in [-0.3, -0.25) is 0 Å². The van der Waals surface area contributed by atoms with E-state index in [9.17, 15) is 9.50 Å². The normalized spacial score (nSPS) is 17.2. The Hall–Kier alpha value is -2.38. The lowest BCUT2D eigenvalue weighted by Gasteiger charge is -2.34. The highest BCUT2D eigenvalue weighted by atomic mass is 19.1. The van der Waals surface area contributed by atoms with E-state index < -0.39 is 11.9 Å². The van der Waals surface area contributed by atoms with Crippen molar-refractivity contribution in [3.05, 3.63) is 65.0 Å². The number of anilines is 1. The van der Waals surface area contributed by atoms with Crippen LogP contribution in [0, 0.1) is 17.1 Å². The largest absolute Gasteiger partial charge is 0.388 e. The van der Waals surface area contributed by atoms with E-state index in [1.54, 1.807) is 6.07 Å². The first-order chi connectivity index (χ1) is 10.2. The molecule has 2 aromatic rings. The zero-order valence-corrected chi connectivity index (χ0v) is 11.5. The molecule has 0 aromatic heterocycles. The van der Waals surface area contributed by atoms with Crippen LogP contribution < -0.4 is 4.90 Å². The van der Waals surface area contributed by atoms with Crippen molar-refractivity contribution in [3.8, 4) is 6.07 Å². The van der Waals surface area contributed by atoms with E-state index >= 15 is 0 Å². The number of halogens is 1. The smallest absolute Gasteiger partial charge is 0.124 e. The van der Waals surface area contributed by atoms with Gasteiger partial charge in [-0.15, -0.1) is 0 Å². The Labute approximate surface area is 122 Å². The van der Waals surface area contributed by atoms with Gasteiger partial charge in [0.25, 0.3) is 0 Å². The molecular weight excluding hydrogens is 267 g/mol. The standard InChI is InChI=1S/C17H15FN2O/c18-14-8-12(10-19)7-13(9-14)11-20-6-5-17(21)15-3-1-2-4-16(15)20/h1-4,7-9,17,21H,5-6,11H2. The highest BCUT2D eigenvalue weighted by Gasteiger charge is 2.23. The maximum absolute atomic E-state index is 13.5. The summed E-state index contributed by atoms with van der Waals surface area (Å²) in [5, 5.41) is 19.0. The molecule has 4 heteroatoms. The second kappa shape index (κ2) is 5.55. The van der Waals surface area contributed by atoms with Crippen LogP contribution in [0.25, 0.3) is 0 Å². The van der Waals surface area contributed by atoms with Gasteiger partial charge in [-0.2, -0.15) is 5.26 Å². The summed E-state index contributed by atoms with van der Waals surface area (Å²) in [7, 11) is 0. The van der Waals surface area contributed by atoms with Crippen molar-refractivity contribution in [2.45, 2.75) is 19.1 Å². The number of fused-ring (bicyclic) bond motifs is 1. The first kappa shape index (κ1) is 13.6. The van der Waals surface area contributed by atoms with Crippen molar-refractivity contribution in [1.82, 2.24) is 0 Å². The van der Waals surface area contributed by atoms with Gasteiger partial charge in [0.05, 0.1) is 17.7 Å². The fourth-order valence-electron chi connectivity index (χ4n) is 2.80. The van der Waals surface area contributed by atoms with E-state index in [2.05, 4.69) is 4.90 Å². The highest BCUT2D eigenvalue weighted by Crippen LogP contribution is 2.34. The Morgan fingerprint density at radius 2 is 2.10 bits per heavy atom. The molecule has 1 unspecified atom stereocenters. The number of hydrogen-bond donors (Lipinski definition) is 1. The number of benzene rings is 2. The van der Waals surface area contributed by atoms with E-state index in [0.717, 1.165) is 16.8 Å². The van der Waals surface area contributed by atoms with E-state index in [4.69, 9.17) is 5.26 Å². The Bertz CT molecular complexity index is 708. The summed E-state index contributed by atoms with van der Waals surface area (Å²) in [6.07, 6.45) is 0.205. The fourth-order valence-corrected chi connectivity index (χ4v) is 2.80. The van der Waals surface area contributed by atoms with Gasteiger partial charge >= 0.3 is 0 Å². The molecule has 1 N–H and O–H groups in total. The van der Waals surface area contributed by atoms with Crippen LogP contribution in [0.1, 0.15) is 29.2 Å². The lowest BCUT2D eigenvalue weighted by molar-refractivity contribution is 0.164. The summed E-state index contributed by atoms with van der Waals surface area (Å²) in [5.41, 5.74) is 2.97. The molecule has 1 aliphatic rings. The molecule has 3 nitrogen and oxygen atoms in total. The topological polar surface area (TPSA) is 47.3 Å². The van der Waals surface area contributed by atoms with Gasteiger partial charge in [0.1, 0.15) is 5.82 Å². The Morgan fingerprint density at radius 3 is 2.90 bits per heavy atom. The Balaban J connectivity index is 1.91. The minimum Gasteiger partial charge on any atom is -0.388 e. The fraction of sp³-hybridized carbons (Fsp3) is 0.235. The summed E-state index contributed by atoms with van der Waals surface area (Å²) in [6.45, 7) is 1.23.